The van der Waals surface area contributed by atoms with Gasteiger partial charge in [-0.3, -0.25) is 9.59 Å². The molecule has 0 amide bonds. The standard InChI is InChI=1S/C35H39NO7/c1-33-11-10-23(38)14-26(33)27(39)15-24-25-16-30-35(29(41)18-37,34(25,2)17-28(40)31(24)33)43-32(42-30)21-8-6-19(7-9-21)12-20-4-3-5-22(36)13-20/h3-11,13-14,24-25,27-28,30-32,37,39-40H,12,15-18,36H2,1-2H3/t24-,25-,27+,28-,30+,31+,32+,33-,34-,35+/m0/s1. The van der Waals surface area contributed by atoms with E-state index in [2.05, 4.69) is 0 Å². The molecule has 226 valence electrons. The maximum absolute atomic E-state index is 13.7. The van der Waals surface area contributed by atoms with Crippen LogP contribution in [0.4, 0.5) is 5.69 Å². The van der Waals surface area contributed by atoms with Crippen LogP contribution in [0, 0.1) is 28.6 Å². The SMILES string of the molecule is C[C@]12C=CC(=O)C=C1[C@H](O)C[C@@H]1[C@@H]2[C@@H](O)C[C@@]2(C)[C@H]1C[C@H]1O[C@@H](c3ccc(Cc4cccc(N)c4)cc3)O[C@]12C(=O)CO. The van der Waals surface area contributed by atoms with Crippen LogP contribution in [0.3, 0.4) is 0 Å². The average molecular weight is 586 g/mol. The third-order valence-electron chi connectivity index (χ3n) is 11.4. The smallest absolute Gasteiger partial charge is 0.193 e. The summed E-state index contributed by atoms with van der Waals surface area (Å²) >= 11 is 0. The topological polar surface area (TPSA) is 139 Å². The Kier molecular flexibility index (Phi) is 6.62. The van der Waals surface area contributed by atoms with Gasteiger partial charge < -0.3 is 30.5 Å². The van der Waals surface area contributed by atoms with Crippen LogP contribution in [0.15, 0.2) is 72.3 Å². The van der Waals surface area contributed by atoms with Crippen molar-refractivity contribution in [3.05, 3.63) is 89.0 Å². The zero-order valence-corrected chi connectivity index (χ0v) is 24.5. The van der Waals surface area contributed by atoms with E-state index in [4.69, 9.17) is 15.2 Å². The lowest BCUT2D eigenvalue weighted by Gasteiger charge is -2.60. The molecule has 2 aromatic carbocycles. The second-order valence-corrected chi connectivity index (χ2v) is 13.6. The number of rotatable bonds is 5. The van der Waals surface area contributed by atoms with Crippen LogP contribution in [0.25, 0.3) is 0 Å². The van der Waals surface area contributed by atoms with E-state index in [9.17, 15) is 24.9 Å². The third-order valence-corrected chi connectivity index (χ3v) is 11.4. The lowest BCUT2D eigenvalue weighted by Crippen LogP contribution is -2.64. The summed E-state index contributed by atoms with van der Waals surface area (Å²) in [5.41, 5.74) is 7.32. The van der Waals surface area contributed by atoms with Gasteiger partial charge in [-0.15, -0.1) is 0 Å². The molecule has 10 atom stereocenters. The minimum Gasteiger partial charge on any atom is -0.399 e. The van der Waals surface area contributed by atoms with Crippen molar-refractivity contribution >= 4 is 17.3 Å². The molecule has 0 radical (unpaired) electrons. The van der Waals surface area contributed by atoms with Crippen molar-refractivity contribution in [3.63, 3.8) is 0 Å². The number of aliphatic hydroxyl groups is 3. The molecule has 1 heterocycles. The fourth-order valence-corrected chi connectivity index (χ4v) is 9.62. The number of hydrogen-bond donors (Lipinski definition) is 4. The van der Waals surface area contributed by atoms with Gasteiger partial charge in [0.2, 0.25) is 0 Å². The van der Waals surface area contributed by atoms with E-state index in [1.165, 1.54) is 12.2 Å². The second-order valence-electron chi connectivity index (χ2n) is 13.6. The Hall–Kier alpha value is -3.14. The summed E-state index contributed by atoms with van der Waals surface area (Å²) in [5.74, 6) is -1.10. The normalized spacial score (nSPS) is 41.2. The van der Waals surface area contributed by atoms with Crippen molar-refractivity contribution < 1.29 is 34.4 Å². The maximum Gasteiger partial charge on any atom is 0.193 e. The molecule has 43 heavy (non-hydrogen) atoms. The summed E-state index contributed by atoms with van der Waals surface area (Å²) in [7, 11) is 0. The molecule has 7 rings (SSSR count). The van der Waals surface area contributed by atoms with Crippen LogP contribution >= 0.6 is 0 Å². The number of Topliss-reactive ketones (excluding diaryl/α,β-unsaturated/α-hetero) is 1. The minimum absolute atomic E-state index is 0.109. The molecule has 0 unspecified atom stereocenters. The zero-order chi connectivity index (χ0) is 30.3. The van der Waals surface area contributed by atoms with Crippen molar-refractivity contribution in [2.75, 3.05) is 12.3 Å². The Morgan fingerprint density at radius 1 is 1.07 bits per heavy atom. The van der Waals surface area contributed by atoms with Crippen molar-refractivity contribution in [1.82, 2.24) is 0 Å². The first-order chi connectivity index (χ1) is 20.5. The van der Waals surface area contributed by atoms with E-state index in [0.29, 0.717) is 18.4 Å². The number of nitrogens with two attached hydrogens (primary N) is 1. The maximum atomic E-state index is 13.7. The lowest BCUT2D eigenvalue weighted by atomic mass is 9.45. The first-order valence-electron chi connectivity index (χ1n) is 15.2. The highest BCUT2D eigenvalue weighted by molar-refractivity contribution is 6.01. The van der Waals surface area contributed by atoms with Gasteiger partial charge >= 0.3 is 0 Å². The highest BCUT2D eigenvalue weighted by atomic mass is 16.7. The van der Waals surface area contributed by atoms with E-state index in [1.807, 2.05) is 68.5 Å². The van der Waals surface area contributed by atoms with E-state index in [-0.39, 0.29) is 30.0 Å². The van der Waals surface area contributed by atoms with Crippen molar-refractivity contribution in [2.45, 2.75) is 69.7 Å². The quantitative estimate of drug-likeness (QED) is 0.392. The summed E-state index contributed by atoms with van der Waals surface area (Å²) in [6, 6.07) is 15.7. The van der Waals surface area contributed by atoms with Crippen molar-refractivity contribution in [2.24, 2.45) is 28.6 Å². The number of carbonyl (C=O) groups is 2. The molecule has 8 nitrogen and oxygen atoms in total. The molecule has 3 saturated carbocycles. The molecular weight excluding hydrogens is 546 g/mol. The molecule has 5 N–H and O–H groups in total. The highest BCUT2D eigenvalue weighted by Gasteiger charge is 2.76. The third kappa shape index (κ3) is 4.07. The van der Waals surface area contributed by atoms with Crippen LogP contribution in [-0.2, 0) is 25.5 Å². The zero-order valence-electron chi connectivity index (χ0n) is 24.5. The molecule has 4 aliphatic carbocycles. The van der Waals surface area contributed by atoms with E-state index < -0.39 is 53.4 Å². The molecule has 4 fully saturated rings. The molecule has 1 saturated heterocycles. The molecule has 2 aromatic rings. The molecule has 8 heteroatoms. The van der Waals surface area contributed by atoms with Crippen LogP contribution < -0.4 is 5.73 Å². The fourth-order valence-electron chi connectivity index (χ4n) is 9.62. The predicted molar refractivity (Wildman–Crippen MR) is 158 cm³/mol. The summed E-state index contributed by atoms with van der Waals surface area (Å²) in [6.45, 7) is 3.26. The van der Waals surface area contributed by atoms with Crippen LogP contribution in [-0.4, -0.2) is 57.4 Å². The number of hydrogen-bond acceptors (Lipinski definition) is 8. The molecule has 1 aliphatic heterocycles. The number of aliphatic hydroxyl groups excluding tert-OH is 3. The highest BCUT2D eigenvalue weighted by Crippen LogP contribution is 2.70. The Labute approximate surface area is 251 Å². The number of fused-ring (bicyclic) bond motifs is 7. The Morgan fingerprint density at radius 2 is 1.84 bits per heavy atom. The lowest BCUT2D eigenvalue weighted by molar-refractivity contribution is -0.204. The van der Waals surface area contributed by atoms with E-state index in [1.54, 1.807) is 0 Å². The minimum atomic E-state index is -1.44. The second kappa shape index (κ2) is 9.94. The van der Waals surface area contributed by atoms with Gasteiger partial charge in [0.1, 0.15) is 6.61 Å². The number of ketones is 2. The summed E-state index contributed by atoms with van der Waals surface area (Å²) in [6.07, 6.45) is 3.68. The van der Waals surface area contributed by atoms with Gasteiger partial charge in [-0.05, 0) is 78.5 Å². The number of ether oxygens (including phenoxy) is 2. The fraction of sp³-hybridized carbons (Fsp3) is 0.486. The molecular formula is C35H39NO7. The molecule has 0 bridgehead atoms. The van der Waals surface area contributed by atoms with Gasteiger partial charge in [-0.25, -0.2) is 0 Å². The van der Waals surface area contributed by atoms with Gasteiger partial charge in [-0.1, -0.05) is 56.3 Å². The average Bonchev–Trinajstić information content (AvgIpc) is 3.47. The van der Waals surface area contributed by atoms with Gasteiger partial charge in [-0.2, -0.15) is 0 Å². The molecule has 5 aliphatic rings. The molecule has 0 spiro atoms. The number of carbonyl (C=O) groups excluding carboxylic acids is 2. The van der Waals surface area contributed by atoms with Gasteiger partial charge in [0.05, 0.1) is 18.3 Å². The van der Waals surface area contributed by atoms with Crippen LogP contribution in [0.5, 0.6) is 0 Å². The number of allylic oxidation sites excluding steroid dienone is 3. The largest absolute Gasteiger partial charge is 0.399 e. The van der Waals surface area contributed by atoms with Crippen LogP contribution in [0.1, 0.15) is 56.1 Å². The van der Waals surface area contributed by atoms with Crippen molar-refractivity contribution in [1.29, 1.82) is 0 Å². The van der Waals surface area contributed by atoms with Crippen LogP contribution in [0.2, 0.25) is 0 Å². The predicted octanol–water partition coefficient (Wildman–Crippen LogP) is 3.43. The molecule has 0 aromatic heterocycles. The summed E-state index contributed by atoms with van der Waals surface area (Å²) < 4.78 is 13.2. The Bertz CT molecular complexity index is 1530. The summed E-state index contributed by atoms with van der Waals surface area (Å²) in [4.78, 5) is 25.9. The number of nitrogen functional groups attached to an aromatic ring is 1. The van der Waals surface area contributed by atoms with E-state index >= 15 is 0 Å². The van der Waals surface area contributed by atoms with Crippen molar-refractivity contribution in [3.8, 4) is 0 Å². The summed E-state index contributed by atoms with van der Waals surface area (Å²) in [5, 5.41) is 33.3. The first kappa shape index (κ1) is 28.6. The Morgan fingerprint density at radius 3 is 2.56 bits per heavy atom. The van der Waals surface area contributed by atoms with E-state index in [0.717, 1.165) is 28.8 Å². The van der Waals surface area contributed by atoms with Gasteiger partial charge in [0.15, 0.2) is 23.5 Å². The van der Waals surface area contributed by atoms with Gasteiger partial charge in [0, 0.05) is 28.0 Å². The van der Waals surface area contributed by atoms with Gasteiger partial charge in [0.25, 0.3) is 0 Å². The first-order valence-corrected chi connectivity index (χ1v) is 15.2. The number of anilines is 1. The monoisotopic (exact) mass is 585 g/mol. The number of benzene rings is 2. The Balaban J connectivity index is 1.19.